The Bertz CT molecular complexity index is 266. The molecule has 1 aliphatic rings. The first kappa shape index (κ1) is 16.4. The van der Waals surface area contributed by atoms with Gasteiger partial charge in [-0.25, -0.2) is 0 Å². The summed E-state index contributed by atoms with van der Waals surface area (Å²) in [6, 6.07) is 1.03. The van der Waals surface area contributed by atoms with Crippen LogP contribution in [0.3, 0.4) is 0 Å². The number of hydrogen-bond acceptors (Lipinski definition) is 3. The van der Waals surface area contributed by atoms with Gasteiger partial charge in [0.05, 0.1) is 6.54 Å². The fraction of sp³-hybridized carbons (Fsp3) is 0.933. The van der Waals surface area contributed by atoms with E-state index in [0.29, 0.717) is 24.5 Å². The van der Waals surface area contributed by atoms with Crippen molar-refractivity contribution in [1.82, 2.24) is 15.5 Å². The van der Waals surface area contributed by atoms with E-state index in [1.54, 1.807) is 0 Å². The zero-order valence-electron chi connectivity index (χ0n) is 13.0. The van der Waals surface area contributed by atoms with Gasteiger partial charge in [0.25, 0.3) is 0 Å². The van der Waals surface area contributed by atoms with E-state index in [-0.39, 0.29) is 5.91 Å². The van der Waals surface area contributed by atoms with Crippen molar-refractivity contribution in [1.29, 1.82) is 0 Å². The third kappa shape index (κ3) is 6.92. The number of amides is 1. The van der Waals surface area contributed by atoms with E-state index in [1.807, 2.05) is 0 Å². The molecule has 0 bridgehead atoms. The van der Waals surface area contributed by atoms with Crippen molar-refractivity contribution in [2.45, 2.75) is 59.0 Å². The molecular weight excluding hydrogens is 238 g/mol. The minimum atomic E-state index is 0.171. The second kappa shape index (κ2) is 8.54. The van der Waals surface area contributed by atoms with E-state index in [0.717, 1.165) is 19.6 Å². The fourth-order valence-corrected chi connectivity index (χ4v) is 2.43. The van der Waals surface area contributed by atoms with Crippen LogP contribution in [0.25, 0.3) is 0 Å². The van der Waals surface area contributed by atoms with E-state index < -0.39 is 0 Å². The predicted molar refractivity (Wildman–Crippen MR) is 80.2 cm³/mol. The van der Waals surface area contributed by atoms with Gasteiger partial charge >= 0.3 is 0 Å². The molecular formula is C15H31N3O. The molecule has 19 heavy (non-hydrogen) atoms. The van der Waals surface area contributed by atoms with Crippen LogP contribution in [0.4, 0.5) is 0 Å². The Balaban J connectivity index is 2.36. The van der Waals surface area contributed by atoms with Crippen molar-refractivity contribution >= 4 is 5.91 Å². The number of carbonyl (C=O) groups excluding carboxylic acids is 1. The topological polar surface area (TPSA) is 44.4 Å². The second-order valence-corrected chi connectivity index (χ2v) is 6.38. The minimum absolute atomic E-state index is 0.171. The van der Waals surface area contributed by atoms with Crippen LogP contribution in [0.15, 0.2) is 0 Å². The van der Waals surface area contributed by atoms with Gasteiger partial charge in [0.2, 0.25) is 5.91 Å². The lowest BCUT2D eigenvalue weighted by molar-refractivity contribution is -0.123. The van der Waals surface area contributed by atoms with Crippen molar-refractivity contribution < 1.29 is 4.79 Å². The average molecular weight is 269 g/mol. The van der Waals surface area contributed by atoms with E-state index in [4.69, 9.17) is 0 Å². The molecule has 1 rings (SSSR count). The minimum Gasteiger partial charge on any atom is -0.355 e. The molecule has 0 spiro atoms. The maximum Gasteiger partial charge on any atom is 0.234 e. The summed E-state index contributed by atoms with van der Waals surface area (Å²) in [5.41, 5.74) is 0. The van der Waals surface area contributed by atoms with E-state index in [9.17, 15) is 4.79 Å². The van der Waals surface area contributed by atoms with Gasteiger partial charge in [-0.2, -0.15) is 0 Å². The zero-order chi connectivity index (χ0) is 14.3. The Morgan fingerprint density at radius 3 is 2.63 bits per heavy atom. The van der Waals surface area contributed by atoms with Crippen LogP contribution in [0.1, 0.15) is 47.0 Å². The smallest absolute Gasteiger partial charge is 0.234 e. The van der Waals surface area contributed by atoms with Crippen molar-refractivity contribution in [3.63, 3.8) is 0 Å². The Morgan fingerprint density at radius 1 is 1.26 bits per heavy atom. The summed E-state index contributed by atoms with van der Waals surface area (Å²) < 4.78 is 0. The van der Waals surface area contributed by atoms with Crippen molar-refractivity contribution in [3.8, 4) is 0 Å². The summed E-state index contributed by atoms with van der Waals surface area (Å²) in [5, 5.41) is 6.51. The predicted octanol–water partition coefficient (Wildman–Crippen LogP) is 1.61. The van der Waals surface area contributed by atoms with Crippen LogP contribution < -0.4 is 10.6 Å². The van der Waals surface area contributed by atoms with Crippen LogP contribution in [0.5, 0.6) is 0 Å². The Labute approximate surface area is 118 Å². The van der Waals surface area contributed by atoms with Crippen LogP contribution in [0, 0.1) is 5.92 Å². The maximum absolute atomic E-state index is 11.9. The number of carbonyl (C=O) groups is 1. The largest absolute Gasteiger partial charge is 0.355 e. The summed E-state index contributed by atoms with van der Waals surface area (Å²) in [4.78, 5) is 14.3. The summed E-state index contributed by atoms with van der Waals surface area (Å²) >= 11 is 0. The highest BCUT2D eigenvalue weighted by atomic mass is 16.2. The lowest BCUT2D eigenvalue weighted by Gasteiger charge is -2.35. The quantitative estimate of drug-likeness (QED) is 0.738. The van der Waals surface area contributed by atoms with Crippen LogP contribution in [0.2, 0.25) is 0 Å². The Kier molecular flexibility index (Phi) is 7.39. The van der Waals surface area contributed by atoms with Gasteiger partial charge in [0.1, 0.15) is 0 Å². The van der Waals surface area contributed by atoms with Crippen molar-refractivity contribution in [3.05, 3.63) is 0 Å². The fourth-order valence-electron chi connectivity index (χ4n) is 2.43. The van der Waals surface area contributed by atoms with E-state index in [2.05, 4.69) is 43.2 Å². The van der Waals surface area contributed by atoms with Gasteiger partial charge in [-0.15, -0.1) is 0 Å². The van der Waals surface area contributed by atoms with Gasteiger partial charge in [-0.1, -0.05) is 34.1 Å². The lowest BCUT2D eigenvalue weighted by atomic mass is 10.0. The second-order valence-electron chi connectivity index (χ2n) is 6.38. The molecule has 0 aromatic heterocycles. The number of piperidine rings is 1. The van der Waals surface area contributed by atoms with Gasteiger partial charge in [0, 0.05) is 25.2 Å². The maximum atomic E-state index is 11.9. The molecule has 112 valence electrons. The first-order chi connectivity index (χ1) is 8.99. The van der Waals surface area contributed by atoms with E-state index in [1.165, 1.54) is 19.3 Å². The zero-order valence-corrected chi connectivity index (χ0v) is 13.0. The van der Waals surface area contributed by atoms with Gasteiger partial charge < -0.3 is 10.6 Å². The average Bonchev–Trinajstić information content (AvgIpc) is 2.35. The van der Waals surface area contributed by atoms with Gasteiger partial charge in [0.15, 0.2) is 0 Å². The van der Waals surface area contributed by atoms with Crippen LogP contribution >= 0.6 is 0 Å². The first-order valence-electron chi connectivity index (χ1n) is 7.73. The molecule has 1 aliphatic heterocycles. The number of likely N-dealkylation sites (tertiary alicyclic amines) is 1. The Hall–Kier alpha value is -0.610. The van der Waals surface area contributed by atoms with Crippen molar-refractivity contribution in [2.24, 2.45) is 5.92 Å². The standard InChI is InChI=1S/C15H31N3O/c1-12(2)9-17-15(19)11-18-8-6-5-7-14(18)10-16-13(3)4/h12-14,16H,5-11H2,1-4H3,(H,17,19). The molecule has 1 fully saturated rings. The molecule has 2 N–H and O–H groups in total. The summed E-state index contributed by atoms with van der Waals surface area (Å²) in [5.74, 6) is 0.689. The molecule has 0 aliphatic carbocycles. The number of hydrogen-bond donors (Lipinski definition) is 2. The van der Waals surface area contributed by atoms with Gasteiger partial charge in [-0.05, 0) is 25.3 Å². The molecule has 4 heteroatoms. The highest BCUT2D eigenvalue weighted by Gasteiger charge is 2.24. The lowest BCUT2D eigenvalue weighted by Crippen LogP contribution is -2.50. The highest BCUT2D eigenvalue weighted by molar-refractivity contribution is 5.78. The molecule has 1 amide bonds. The monoisotopic (exact) mass is 269 g/mol. The molecule has 4 nitrogen and oxygen atoms in total. The summed E-state index contributed by atoms with van der Waals surface area (Å²) in [7, 11) is 0. The van der Waals surface area contributed by atoms with Crippen LogP contribution in [-0.2, 0) is 4.79 Å². The third-order valence-corrected chi connectivity index (χ3v) is 3.56. The summed E-state index contributed by atoms with van der Waals surface area (Å²) in [6.45, 7) is 12.0. The third-order valence-electron chi connectivity index (χ3n) is 3.56. The molecule has 0 saturated carbocycles. The highest BCUT2D eigenvalue weighted by Crippen LogP contribution is 2.16. The number of nitrogens with one attached hydrogen (secondary N) is 2. The van der Waals surface area contributed by atoms with Crippen LogP contribution in [-0.4, -0.2) is 49.1 Å². The summed E-state index contributed by atoms with van der Waals surface area (Å²) in [6.07, 6.45) is 3.71. The first-order valence-corrected chi connectivity index (χ1v) is 7.73. The SMILES string of the molecule is CC(C)CNC(=O)CN1CCCCC1CNC(C)C. The molecule has 0 aromatic carbocycles. The molecule has 0 radical (unpaired) electrons. The number of nitrogens with zero attached hydrogens (tertiary/aromatic N) is 1. The normalized spacial score (nSPS) is 21.1. The van der Waals surface area contributed by atoms with Crippen molar-refractivity contribution in [2.75, 3.05) is 26.2 Å². The molecule has 1 heterocycles. The number of rotatable bonds is 7. The molecule has 1 atom stereocenters. The Morgan fingerprint density at radius 2 is 2.00 bits per heavy atom. The van der Waals surface area contributed by atoms with Gasteiger partial charge in [-0.3, -0.25) is 9.69 Å². The molecule has 1 saturated heterocycles. The molecule has 1 unspecified atom stereocenters. The van der Waals surface area contributed by atoms with E-state index >= 15 is 0 Å². The molecule has 0 aromatic rings.